The molecule has 7 nitrogen and oxygen atoms in total. The summed E-state index contributed by atoms with van der Waals surface area (Å²) in [6.45, 7) is 0. The van der Waals surface area contributed by atoms with E-state index in [1.807, 2.05) is 0 Å². The van der Waals surface area contributed by atoms with Crippen molar-refractivity contribution in [1.29, 1.82) is 0 Å². The summed E-state index contributed by atoms with van der Waals surface area (Å²) in [5.41, 5.74) is 0.0846. The average molecular weight is 298 g/mol. The third-order valence-corrected chi connectivity index (χ3v) is 2.76. The maximum absolute atomic E-state index is 13.5. The number of carbonyl (C=O) groups excluding carboxylic acids is 1. The molecule has 0 aliphatic carbocycles. The number of halogens is 1. The van der Waals surface area contributed by atoms with Crippen LogP contribution in [0.1, 0.15) is 0 Å². The minimum Gasteiger partial charge on any atom is -0.305 e. The van der Waals surface area contributed by atoms with E-state index < -0.39 is 11.8 Å². The van der Waals surface area contributed by atoms with Crippen LogP contribution in [0, 0.1) is 5.82 Å². The number of nitrogens with zero attached hydrogens (tertiary/aromatic N) is 4. The van der Waals surface area contributed by atoms with Crippen molar-refractivity contribution >= 4 is 17.5 Å². The third-order valence-electron chi connectivity index (χ3n) is 2.76. The van der Waals surface area contributed by atoms with Crippen molar-refractivity contribution in [3.63, 3.8) is 0 Å². The van der Waals surface area contributed by atoms with Crippen LogP contribution in [-0.4, -0.2) is 25.8 Å². The van der Waals surface area contributed by atoms with E-state index in [-0.39, 0.29) is 11.5 Å². The van der Waals surface area contributed by atoms with Gasteiger partial charge < -0.3 is 5.32 Å². The second kappa shape index (κ2) is 6.00. The molecule has 0 fully saturated rings. The van der Waals surface area contributed by atoms with Gasteiger partial charge in [-0.2, -0.15) is 5.10 Å². The molecule has 0 bridgehead atoms. The summed E-state index contributed by atoms with van der Waals surface area (Å²) in [6.07, 6.45) is 4.63. The largest absolute Gasteiger partial charge is 0.324 e. The Morgan fingerprint density at radius 2 is 2.00 bits per heavy atom. The van der Waals surface area contributed by atoms with Gasteiger partial charge in [0.05, 0.1) is 5.69 Å². The first-order chi connectivity index (χ1) is 10.7. The number of hydrogen-bond donors (Lipinski definition) is 2. The summed E-state index contributed by atoms with van der Waals surface area (Å²) >= 11 is 0. The Labute approximate surface area is 124 Å². The van der Waals surface area contributed by atoms with Gasteiger partial charge in [0.25, 0.3) is 0 Å². The first-order valence-corrected chi connectivity index (χ1v) is 6.37. The van der Waals surface area contributed by atoms with Crippen LogP contribution in [0.2, 0.25) is 0 Å². The van der Waals surface area contributed by atoms with E-state index in [2.05, 4.69) is 25.7 Å². The van der Waals surface area contributed by atoms with E-state index >= 15 is 0 Å². The molecule has 22 heavy (non-hydrogen) atoms. The molecule has 0 spiro atoms. The summed E-state index contributed by atoms with van der Waals surface area (Å²) in [7, 11) is 0. The molecule has 1 aromatic carbocycles. The lowest BCUT2D eigenvalue weighted by Crippen LogP contribution is -2.21. The van der Waals surface area contributed by atoms with Gasteiger partial charge in [-0.25, -0.2) is 23.8 Å². The van der Waals surface area contributed by atoms with E-state index in [4.69, 9.17) is 0 Å². The number of anilines is 2. The van der Waals surface area contributed by atoms with Crippen LogP contribution < -0.4 is 10.6 Å². The highest BCUT2D eigenvalue weighted by Crippen LogP contribution is 2.13. The Kier molecular flexibility index (Phi) is 3.73. The van der Waals surface area contributed by atoms with Gasteiger partial charge >= 0.3 is 6.03 Å². The van der Waals surface area contributed by atoms with Crippen molar-refractivity contribution in [1.82, 2.24) is 19.7 Å². The van der Waals surface area contributed by atoms with E-state index in [1.54, 1.807) is 36.7 Å². The molecule has 2 N–H and O–H groups in total. The van der Waals surface area contributed by atoms with Gasteiger partial charge in [-0.05, 0) is 18.2 Å². The molecule has 8 heteroatoms. The van der Waals surface area contributed by atoms with Crippen molar-refractivity contribution in [2.24, 2.45) is 0 Å². The normalized spacial score (nSPS) is 10.2. The lowest BCUT2D eigenvalue weighted by atomic mass is 10.3. The zero-order chi connectivity index (χ0) is 15.4. The SMILES string of the molecule is O=C(Nc1cc(-n2cccn2)ncn1)Nc1ccccc1F. The minimum absolute atomic E-state index is 0.0846. The number of benzene rings is 1. The van der Waals surface area contributed by atoms with Crippen molar-refractivity contribution in [2.45, 2.75) is 0 Å². The number of carbonyl (C=O) groups is 1. The predicted molar refractivity (Wildman–Crippen MR) is 78.2 cm³/mol. The Morgan fingerprint density at radius 3 is 2.77 bits per heavy atom. The molecule has 0 saturated heterocycles. The van der Waals surface area contributed by atoms with Crippen molar-refractivity contribution in [3.8, 4) is 5.82 Å². The second-order valence-corrected chi connectivity index (χ2v) is 4.27. The Hall–Kier alpha value is -3.29. The molecular weight excluding hydrogens is 287 g/mol. The van der Waals surface area contributed by atoms with Crippen molar-refractivity contribution < 1.29 is 9.18 Å². The molecule has 3 aromatic rings. The Morgan fingerprint density at radius 1 is 1.14 bits per heavy atom. The highest BCUT2D eigenvalue weighted by atomic mass is 19.1. The van der Waals surface area contributed by atoms with Crippen molar-refractivity contribution in [2.75, 3.05) is 10.6 Å². The van der Waals surface area contributed by atoms with Crippen LogP contribution in [-0.2, 0) is 0 Å². The van der Waals surface area contributed by atoms with Crippen molar-refractivity contribution in [3.05, 3.63) is 60.9 Å². The van der Waals surface area contributed by atoms with Crippen LogP contribution in [0.4, 0.5) is 20.7 Å². The fourth-order valence-corrected chi connectivity index (χ4v) is 1.78. The number of nitrogens with one attached hydrogen (secondary N) is 2. The average Bonchev–Trinajstić information content (AvgIpc) is 3.04. The molecule has 0 aliphatic rings. The van der Waals surface area contributed by atoms with Gasteiger partial charge in [-0.1, -0.05) is 12.1 Å². The van der Waals surface area contributed by atoms with Crippen LogP contribution in [0.5, 0.6) is 0 Å². The zero-order valence-corrected chi connectivity index (χ0v) is 11.3. The molecule has 2 amide bonds. The summed E-state index contributed by atoms with van der Waals surface area (Å²) < 4.78 is 15.0. The Balaban J connectivity index is 1.72. The third kappa shape index (κ3) is 3.06. The molecule has 0 atom stereocenters. The second-order valence-electron chi connectivity index (χ2n) is 4.27. The van der Waals surface area contributed by atoms with Crippen LogP contribution in [0.3, 0.4) is 0 Å². The van der Waals surface area contributed by atoms with Gasteiger partial charge in [0, 0.05) is 18.5 Å². The van der Waals surface area contributed by atoms with E-state index in [0.29, 0.717) is 5.82 Å². The molecular formula is C14H11FN6O. The number of amides is 2. The molecule has 0 radical (unpaired) electrons. The number of para-hydroxylation sites is 1. The fraction of sp³-hybridized carbons (Fsp3) is 0. The molecule has 0 unspecified atom stereocenters. The smallest absolute Gasteiger partial charge is 0.305 e. The lowest BCUT2D eigenvalue weighted by molar-refractivity contribution is 0.262. The monoisotopic (exact) mass is 298 g/mol. The first kappa shape index (κ1) is 13.7. The molecule has 0 saturated carbocycles. The van der Waals surface area contributed by atoms with Crippen LogP contribution in [0.15, 0.2) is 55.1 Å². The maximum atomic E-state index is 13.5. The first-order valence-electron chi connectivity index (χ1n) is 6.37. The lowest BCUT2D eigenvalue weighted by Gasteiger charge is -2.08. The van der Waals surface area contributed by atoms with Crippen LogP contribution >= 0.6 is 0 Å². The minimum atomic E-state index is -0.602. The number of hydrogen-bond acceptors (Lipinski definition) is 4. The molecule has 2 heterocycles. The number of aromatic nitrogens is 4. The van der Waals surface area contributed by atoms with Crippen LogP contribution in [0.25, 0.3) is 5.82 Å². The van der Waals surface area contributed by atoms with Gasteiger partial charge in [0.2, 0.25) is 0 Å². The van der Waals surface area contributed by atoms with E-state index in [0.717, 1.165) is 0 Å². The predicted octanol–water partition coefficient (Wildman–Crippen LogP) is 2.45. The van der Waals surface area contributed by atoms with E-state index in [9.17, 15) is 9.18 Å². The summed E-state index contributed by atoms with van der Waals surface area (Å²) in [5.74, 6) is 0.257. The standard InChI is InChI=1S/C14H11FN6O/c15-10-4-1-2-5-11(10)19-14(22)20-12-8-13(17-9-16-12)21-7-3-6-18-21/h1-9H,(H2,16,17,19,20,22). The quantitative estimate of drug-likeness (QED) is 0.777. The van der Waals surface area contributed by atoms with Gasteiger partial charge in [-0.3, -0.25) is 5.32 Å². The summed E-state index contributed by atoms with van der Waals surface area (Å²) in [4.78, 5) is 19.8. The fourth-order valence-electron chi connectivity index (χ4n) is 1.78. The number of rotatable bonds is 3. The van der Waals surface area contributed by atoms with Gasteiger partial charge in [0.1, 0.15) is 18.0 Å². The summed E-state index contributed by atoms with van der Waals surface area (Å²) in [5, 5.41) is 8.95. The summed E-state index contributed by atoms with van der Waals surface area (Å²) in [6, 6.07) is 8.59. The highest BCUT2D eigenvalue weighted by Gasteiger charge is 2.08. The molecule has 2 aromatic heterocycles. The van der Waals surface area contributed by atoms with E-state index in [1.165, 1.54) is 23.1 Å². The molecule has 3 rings (SSSR count). The molecule has 0 aliphatic heterocycles. The van der Waals surface area contributed by atoms with Gasteiger partial charge in [0.15, 0.2) is 5.82 Å². The maximum Gasteiger partial charge on any atom is 0.324 e. The topological polar surface area (TPSA) is 84.7 Å². The molecule has 110 valence electrons. The number of urea groups is 1. The highest BCUT2D eigenvalue weighted by molar-refractivity contribution is 5.99. The van der Waals surface area contributed by atoms with Gasteiger partial charge in [-0.15, -0.1) is 0 Å². The Bertz CT molecular complexity index is 790. The zero-order valence-electron chi connectivity index (χ0n) is 11.3.